The molecule has 1 aromatic carbocycles. The second kappa shape index (κ2) is 4.24. The van der Waals surface area contributed by atoms with Crippen LogP contribution in [0, 0.1) is 27.7 Å². The second-order valence-corrected chi connectivity index (χ2v) is 4.73. The van der Waals surface area contributed by atoms with Crippen molar-refractivity contribution in [1.82, 2.24) is 9.78 Å². The molecule has 0 radical (unpaired) electrons. The summed E-state index contributed by atoms with van der Waals surface area (Å²) in [7, 11) is 0. The van der Waals surface area contributed by atoms with Crippen LogP contribution in [0.2, 0.25) is 0 Å². The molecule has 17 heavy (non-hydrogen) atoms. The highest BCUT2D eigenvalue weighted by Crippen LogP contribution is 2.18. The maximum atomic E-state index is 5.97. The van der Waals surface area contributed by atoms with Gasteiger partial charge in [-0.05, 0) is 49.9 Å². The van der Waals surface area contributed by atoms with E-state index in [2.05, 4.69) is 38.0 Å². The van der Waals surface area contributed by atoms with Crippen LogP contribution in [0.5, 0.6) is 0 Å². The van der Waals surface area contributed by atoms with Crippen molar-refractivity contribution in [2.45, 2.75) is 34.2 Å². The van der Waals surface area contributed by atoms with Gasteiger partial charge in [0.25, 0.3) is 0 Å². The number of anilines is 1. The lowest BCUT2D eigenvalue weighted by molar-refractivity contribution is 0.693. The Morgan fingerprint density at radius 3 is 2.24 bits per heavy atom. The van der Waals surface area contributed by atoms with E-state index in [-0.39, 0.29) is 0 Å². The molecule has 0 spiro atoms. The second-order valence-electron chi connectivity index (χ2n) is 4.73. The van der Waals surface area contributed by atoms with Gasteiger partial charge in [0, 0.05) is 5.56 Å². The lowest BCUT2D eigenvalue weighted by Crippen LogP contribution is -2.08. The molecule has 3 heteroatoms. The van der Waals surface area contributed by atoms with Crippen LogP contribution in [0.4, 0.5) is 5.82 Å². The molecule has 0 amide bonds. The van der Waals surface area contributed by atoms with Crippen LogP contribution in [0.25, 0.3) is 0 Å². The van der Waals surface area contributed by atoms with Gasteiger partial charge in [-0.2, -0.15) is 5.10 Å². The molecular weight excluding hydrogens is 210 g/mol. The van der Waals surface area contributed by atoms with Gasteiger partial charge in [0.2, 0.25) is 0 Å². The molecule has 90 valence electrons. The molecule has 0 saturated carbocycles. The fraction of sp³-hybridized carbons (Fsp3) is 0.357. The molecule has 0 aliphatic heterocycles. The predicted octanol–water partition coefficient (Wildman–Crippen LogP) is 2.75. The summed E-state index contributed by atoms with van der Waals surface area (Å²) in [6, 6.07) is 4.44. The zero-order chi connectivity index (χ0) is 12.6. The molecule has 0 bridgehead atoms. The third-order valence-electron chi connectivity index (χ3n) is 3.35. The quantitative estimate of drug-likeness (QED) is 0.860. The van der Waals surface area contributed by atoms with Crippen LogP contribution in [-0.2, 0) is 6.54 Å². The minimum Gasteiger partial charge on any atom is -0.384 e. The van der Waals surface area contributed by atoms with Gasteiger partial charge in [0.05, 0.1) is 12.7 Å². The standard InChI is InChI=1S/C14H19N3/c1-9-5-11(3)13(6-10(9)2)8-17-14(15)12(4)7-16-17/h5-7H,8,15H2,1-4H3. The van der Waals surface area contributed by atoms with Gasteiger partial charge in [-0.15, -0.1) is 0 Å². The first-order chi connectivity index (χ1) is 7.99. The van der Waals surface area contributed by atoms with Crippen molar-refractivity contribution in [1.29, 1.82) is 0 Å². The van der Waals surface area contributed by atoms with E-state index in [1.807, 2.05) is 17.8 Å². The normalized spacial score (nSPS) is 10.8. The Kier molecular flexibility index (Phi) is 2.92. The van der Waals surface area contributed by atoms with Crippen molar-refractivity contribution in [2.24, 2.45) is 0 Å². The number of nitrogens with zero attached hydrogens (tertiary/aromatic N) is 2. The Labute approximate surface area is 102 Å². The summed E-state index contributed by atoms with van der Waals surface area (Å²) >= 11 is 0. The van der Waals surface area contributed by atoms with Gasteiger partial charge in [0.1, 0.15) is 5.82 Å². The molecule has 0 atom stereocenters. The molecule has 0 fully saturated rings. The fourth-order valence-corrected chi connectivity index (χ4v) is 1.97. The fourth-order valence-electron chi connectivity index (χ4n) is 1.97. The monoisotopic (exact) mass is 229 g/mol. The van der Waals surface area contributed by atoms with Gasteiger partial charge < -0.3 is 5.73 Å². The van der Waals surface area contributed by atoms with E-state index >= 15 is 0 Å². The van der Waals surface area contributed by atoms with E-state index in [1.165, 1.54) is 22.3 Å². The summed E-state index contributed by atoms with van der Waals surface area (Å²) in [4.78, 5) is 0. The van der Waals surface area contributed by atoms with E-state index in [4.69, 9.17) is 5.73 Å². The molecule has 3 nitrogen and oxygen atoms in total. The zero-order valence-corrected chi connectivity index (χ0v) is 10.9. The van der Waals surface area contributed by atoms with Crippen LogP contribution in [0.3, 0.4) is 0 Å². The number of nitrogens with two attached hydrogens (primary N) is 1. The van der Waals surface area contributed by atoms with Gasteiger partial charge in [-0.3, -0.25) is 0 Å². The maximum absolute atomic E-state index is 5.97. The van der Waals surface area contributed by atoms with E-state index in [1.54, 1.807) is 0 Å². The summed E-state index contributed by atoms with van der Waals surface area (Å²) in [5.74, 6) is 0.752. The number of benzene rings is 1. The van der Waals surface area contributed by atoms with Crippen molar-refractivity contribution in [3.8, 4) is 0 Å². The van der Waals surface area contributed by atoms with E-state index in [9.17, 15) is 0 Å². The number of aromatic nitrogens is 2. The number of rotatable bonds is 2. The Morgan fingerprint density at radius 2 is 1.65 bits per heavy atom. The topological polar surface area (TPSA) is 43.8 Å². The minimum absolute atomic E-state index is 0.743. The highest BCUT2D eigenvalue weighted by atomic mass is 15.3. The average Bonchev–Trinajstić information content (AvgIpc) is 2.58. The SMILES string of the molecule is Cc1cc(C)c(Cn2ncc(C)c2N)cc1C. The first kappa shape index (κ1) is 11.7. The highest BCUT2D eigenvalue weighted by Gasteiger charge is 2.07. The smallest absolute Gasteiger partial charge is 0.124 e. The molecular formula is C14H19N3. The molecule has 0 aliphatic rings. The lowest BCUT2D eigenvalue weighted by Gasteiger charge is -2.11. The van der Waals surface area contributed by atoms with E-state index in [0.717, 1.165) is 17.9 Å². The van der Waals surface area contributed by atoms with Gasteiger partial charge in [0.15, 0.2) is 0 Å². The third kappa shape index (κ3) is 2.18. The zero-order valence-electron chi connectivity index (χ0n) is 10.9. The van der Waals surface area contributed by atoms with Gasteiger partial charge in [-0.1, -0.05) is 12.1 Å². The summed E-state index contributed by atoms with van der Waals surface area (Å²) in [6.45, 7) is 9.13. The minimum atomic E-state index is 0.743. The number of aryl methyl sites for hydroxylation is 4. The molecule has 0 saturated heterocycles. The van der Waals surface area contributed by atoms with Crippen molar-refractivity contribution in [2.75, 3.05) is 5.73 Å². The van der Waals surface area contributed by atoms with Gasteiger partial charge in [-0.25, -0.2) is 4.68 Å². The van der Waals surface area contributed by atoms with Crippen molar-refractivity contribution in [3.63, 3.8) is 0 Å². The number of nitrogen functional groups attached to an aromatic ring is 1. The lowest BCUT2D eigenvalue weighted by atomic mass is 10.0. The van der Waals surface area contributed by atoms with Crippen molar-refractivity contribution in [3.05, 3.63) is 46.1 Å². The van der Waals surface area contributed by atoms with Crippen molar-refractivity contribution < 1.29 is 0 Å². The van der Waals surface area contributed by atoms with Crippen molar-refractivity contribution >= 4 is 5.82 Å². The molecule has 2 N–H and O–H groups in total. The first-order valence-electron chi connectivity index (χ1n) is 5.83. The molecule has 0 aliphatic carbocycles. The maximum Gasteiger partial charge on any atom is 0.124 e. The van der Waals surface area contributed by atoms with Crippen LogP contribution in [0.1, 0.15) is 27.8 Å². The number of hydrogen-bond donors (Lipinski definition) is 1. The molecule has 0 unspecified atom stereocenters. The molecule has 1 heterocycles. The Hall–Kier alpha value is -1.77. The summed E-state index contributed by atoms with van der Waals surface area (Å²) in [5, 5.41) is 4.30. The van der Waals surface area contributed by atoms with Crippen LogP contribution in [-0.4, -0.2) is 9.78 Å². The summed E-state index contributed by atoms with van der Waals surface area (Å²) < 4.78 is 1.85. The Balaban J connectivity index is 2.36. The molecule has 2 rings (SSSR count). The van der Waals surface area contributed by atoms with E-state index in [0.29, 0.717) is 0 Å². The predicted molar refractivity (Wildman–Crippen MR) is 71.1 cm³/mol. The molecule has 1 aromatic heterocycles. The first-order valence-corrected chi connectivity index (χ1v) is 5.83. The Morgan fingerprint density at radius 1 is 1.00 bits per heavy atom. The number of hydrogen-bond acceptors (Lipinski definition) is 2. The van der Waals surface area contributed by atoms with Gasteiger partial charge >= 0.3 is 0 Å². The third-order valence-corrected chi connectivity index (χ3v) is 3.35. The Bertz CT molecular complexity index is 553. The van der Waals surface area contributed by atoms with Crippen LogP contribution < -0.4 is 5.73 Å². The average molecular weight is 229 g/mol. The van der Waals surface area contributed by atoms with E-state index < -0.39 is 0 Å². The highest BCUT2D eigenvalue weighted by molar-refractivity contribution is 5.40. The molecule has 2 aromatic rings. The van der Waals surface area contributed by atoms with Crippen LogP contribution >= 0.6 is 0 Å². The summed E-state index contributed by atoms with van der Waals surface area (Å²) in [5.41, 5.74) is 12.2. The largest absolute Gasteiger partial charge is 0.384 e. The summed E-state index contributed by atoms with van der Waals surface area (Å²) in [6.07, 6.45) is 1.81. The van der Waals surface area contributed by atoms with Crippen LogP contribution in [0.15, 0.2) is 18.3 Å².